The summed E-state index contributed by atoms with van der Waals surface area (Å²) in [6.45, 7) is 9.37. The quantitative estimate of drug-likeness (QED) is 0.241. The van der Waals surface area contributed by atoms with Gasteiger partial charge in [0, 0.05) is 19.6 Å². The molecule has 0 aliphatic carbocycles. The molecule has 0 fully saturated rings. The largest absolute Gasteiger partial charge is 0.244 e. The second-order valence-electron chi connectivity index (χ2n) is 7.81. The van der Waals surface area contributed by atoms with Gasteiger partial charge in [-0.05, 0) is 45.0 Å². The zero-order chi connectivity index (χ0) is 25.9. The van der Waals surface area contributed by atoms with E-state index in [0.717, 1.165) is 11.1 Å². The minimum absolute atomic E-state index is 0.0322. The van der Waals surface area contributed by atoms with Gasteiger partial charge in [-0.25, -0.2) is 16.8 Å². The average molecular weight is 513 g/mol. The molecule has 0 N–H and O–H groups in total. The van der Waals surface area contributed by atoms with E-state index in [9.17, 15) is 16.8 Å². The lowest BCUT2D eigenvalue weighted by molar-refractivity contribution is 0.467. The minimum atomic E-state index is -3.76. The van der Waals surface area contributed by atoms with Crippen LogP contribution in [0.1, 0.15) is 18.1 Å². The highest BCUT2D eigenvalue weighted by atomic mass is 32.2. The molecule has 0 aromatic heterocycles. The van der Waals surface area contributed by atoms with Crippen molar-refractivity contribution in [1.29, 1.82) is 0 Å². The predicted molar refractivity (Wildman–Crippen MR) is 142 cm³/mol. The van der Waals surface area contributed by atoms with Gasteiger partial charge in [0.2, 0.25) is 20.0 Å². The number of benzene rings is 2. The summed E-state index contributed by atoms with van der Waals surface area (Å²) in [5.41, 5.74) is 1.93. The Hall–Kier alpha value is -2.96. The predicted octanol–water partition coefficient (Wildman–Crippen LogP) is 4.31. The maximum absolute atomic E-state index is 13.2. The van der Waals surface area contributed by atoms with E-state index in [0.29, 0.717) is 0 Å². The fourth-order valence-electron chi connectivity index (χ4n) is 3.06. The van der Waals surface area contributed by atoms with Crippen LogP contribution in [0.25, 0.3) is 0 Å². The molecule has 0 aliphatic heterocycles. The molecule has 2 aromatic carbocycles. The molecule has 0 atom stereocenters. The van der Waals surface area contributed by atoms with Gasteiger partial charge in [-0.3, -0.25) is 0 Å². The average Bonchev–Trinajstić information content (AvgIpc) is 2.82. The molecule has 2 rings (SSSR count). The lowest BCUT2D eigenvalue weighted by atomic mass is 10.2. The number of hydrogen-bond donors (Lipinski definition) is 0. The number of hydrogen-bond acceptors (Lipinski definition) is 4. The van der Waals surface area contributed by atoms with Crippen LogP contribution >= 0.6 is 0 Å². The molecule has 0 bridgehead atoms. The van der Waals surface area contributed by atoms with Crippen LogP contribution in [0.2, 0.25) is 0 Å². The van der Waals surface area contributed by atoms with Crippen LogP contribution in [0.3, 0.4) is 0 Å². The first-order valence-electron chi connectivity index (χ1n) is 11.1. The molecule has 8 heteroatoms. The van der Waals surface area contributed by atoms with Gasteiger partial charge >= 0.3 is 0 Å². The summed E-state index contributed by atoms with van der Waals surface area (Å²) in [6.07, 6.45) is 8.27. The van der Waals surface area contributed by atoms with Crippen molar-refractivity contribution in [2.45, 2.75) is 30.6 Å². The standard InChI is InChI=1S/C27H32N2O4S2/c1-5-7-9-21-29(35(32,33)27-18-14-25(4)15-19-27)23-11-10-22-28(20-8-6-2)34(30,31)26-16-12-24(3)13-17-26/h5,7,9-19H,1,20-23H2,2-4H3/b9-7+,11-10+. The molecule has 0 amide bonds. The Kier molecular flexibility index (Phi) is 10.7. The van der Waals surface area contributed by atoms with Crippen molar-refractivity contribution in [2.24, 2.45) is 0 Å². The molecular formula is C27H32N2O4S2. The van der Waals surface area contributed by atoms with Crippen molar-refractivity contribution in [3.8, 4) is 11.8 Å². The zero-order valence-electron chi connectivity index (χ0n) is 20.4. The first kappa shape index (κ1) is 28.3. The SMILES string of the molecule is C=C/C=C/CN(C/C=C/CN(CC#CC)S(=O)(=O)c1ccc(C)cc1)S(=O)(=O)c1ccc(C)cc1. The first-order valence-corrected chi connectivity index (χ1v) is 14.0. The van der Waals surface area contributed by atoms with Gasteiger partial charge in [0.25, 0.3) is 0 Å². The maximum Gasteiger partial charge on any atom is 0.244 e. The van der Waals surface area contributed by atoms with Crippen molar-refractivity contribution < 1.29 is 16.8 Å². The van der Waals surface area contributed by atoms with E-state index >= 15 is 0 Å². The molecule has 35 heavy (non-hydrogen) atoms. The lowest BCUT2D eigenvalue weighted by Gasteiger charge is -2.20. The van der Waals surface area contributed by atoms with Gasteiger partial charge in [-0.15, -0.1) is 5.92 Å². The Morgan fingerprint density at radius 1 is 0.743 bits per heavy atom. The van der Waals surface area contributed by atoms with E-state index in [4.69, 9.17) is 0 Å². The molecule has 0 aliphatic rings. The van der Waals surface area contributed by atoms with E-state index in [2.05, 4.69) is 18.4 Å². The third kappa shape index (κ3) is 8.05. The van der Waals surface area contributed by atoms with E-state index in [1.165, 1.54) is 8.61 Å². The number of sulfonamides is 2. The molecule has 6 nitrogen and oxygen atoms in total. The number of aryl methyl sites for hydroxylation is 2. The zero-order valence-corrected chi connectivity index (χ0v) is 22.0. The molecule has 2 aromatic rings. The summed E-state index contributed by atoms with van der Waals surface area (Å²) in [7, 11) is -7.50. The van der Waals surface area contributed by atoms with Gasteiger partial charge in [0.05, 0.1) is 16.3 Å². The second-order valence-corrected chi connectivity index (χ2v) is 11.7. The first-order chi connectivity index (χ1) is 16.6. The van der Waals surface area contributed by atoms with Crippen LogP contribution < -0.4 is 0 Å². The van der Waals surface area contributed by atoms with E-state index in [-0.39, 0.29) is 36.0 Å². The van der Waals surface area contributed by atoms with E-state index in [1.54, 1.807) is 85.8 Å². The highest BCUT2D eigenvalue weighted by Gasteiger charge is 2.24. The van der Waals surface area contributed by atoms with Crippen LogP contribution in [0.15, 0.2) is 95.3 Å². The fraction of sp³-hybridized carbons (Fsp3) is 0.259. The Balaban J connectivity index is 2.24. The van der Waals surface area contributed by atoms with Crippen LogP contribution in [-0.4, -0.2) is 51.6 Å². The Morgan fingerprint density at radius 2 is 1.17 bits per heavy atom. The van der Waals surface area contributed by atoms with Gasteiger partial charge < -0.3 is 0 Å². The van der Waals surface area contributed by atoms with Gasteiger partial charge in [-0.1, -0.05) is 78.3 Å². The molecule has 0 radical (unpaired) electrons. The topological polar surface area (TPSA) is 74.8 Å². The lowest BCUT2D eigenvalue weighted by Crippen LogP contribution is -2.33. The van der Waals surface area contributed by atoms with E-state index in [1.807, 2.05) is 13.8 Å². The van der Waals surface area contributed by atoms with Crippen molar-refractivity contribution in [1.82, 2.24) is 8.61 Å². The second kappa shape index (κ2) is 13.2. The normalized spacial score (nSPS) is 12.4. The Labute approximate surface area is 210 Å². The Bertz CT molecular complexity index is 1310. The minimum Gasteiger partial charge on any atom is -0.207 e. The molecule has 0 unspecified atom stereocenters. The fourth-order valence-corrected chi connectivity index (χ4v) is 5.70. The monoisotopic (exact) mass is 512 g/mol. The molecule has 0 saturated heterocycles. The number of rotatable bonds is 12. The molecular weight excluding hydrogens is 480 g/mol. The van der Waals surface area contributed by atoms with Crippen molar-refractivity contribution >= 4 is 20.0 Å². The third-order valence-electron chi connectivity index (χ3n) is 5.12. The summed E-state index contributed by atoms with van der Waals surface area (Å²) >= 11 is 0. The van der Waals surface area contributed by atoms with Gasteiger partial charge in [-0.2, -0.15) is 8.61 Å². The maximum atomic E-state index is 13.2. The number of nitrogens with zero attached hydrogens (tertiary/aromatic N) is 2. The van der Waals surface area contributed by atoms with Crippen LogP contribution in [-0.2, 0) is 20.0 Å². The summed E-state index contributed by atoms with van der Waals surface area (Å²) < 4.78 is 55.2. The highest BCUT2D eigenvalue weighted by molar-refractivity contribution is 7.89. The van der Waals surface area contributed by atoms with Crippen LogP contribution in [0.4, 0.5) is 0 Å². The summed E-state index contributed by atoms with van der Waals surface area (Å²) in [4.78, 5) is 0.387. The summed E-state index contributed by atoms with van der Waals surface area (Å²) in [5, 5.41) is 0. The molecule has 0 heterocycles. The molecule has 0 spiro atoms. The van der Waals surface area contributed by atoms with Crippen molar-refractivity contribution in [3.63, 3.8) is 0 Å². The number of allylic oxidation sites excluding steroid dienone is 2. The molecule has 186 valence electrons. The Morgan fingerprint density at radius 3 is 1.63 bits per heavy atom. The third-order valence-corrected chi connectivity index (χ3v) is 8.79. The van der Waals surface area contributed by atoms with Crippen molar-refractivity contribution in [3.05, 3.63) is 96.6 Å². The van der Waals surface area contributed by atoms with Crippen LogP contribution in [0.5, 0.6) is 0 Å². The van der Waals surface area contributed by atoms with Gasteiger partial charge in [0.1, 0.15) is 0 Å². The summed E-state index contributed by atoms with van der Waals surface area (Å²) in [6, 6.07) is 13.3. The summed E-state index contributed by atoms with van der Waals surface area (Å²) in [5.74, 6) is 5.53. The molecule has 0 saturated carbocycles. The highest BCUT2D eigenvalue weighted by Crippen LogP contribution is 2.18. The van der Waals surface area contributed by atoms with Crippen LogP contribution in [0, 0.1) is 25.7 Å². The van der Waals surface area contributed by atoms with E-state index < -0.39 is 20.0 Å². The van der Waals surface area contributed by atoms with Crippen molar-refractivity contribution in [2.75, 3.05) is 26.2 Å². The smallest absolute Gasteiger partial charge is 0.207 e. The van der Waals surface area contributed by atoms with Gasteiger partial charge in [0.15, 0.2) is 0 Å².